The summed E-state index contributed by atoms with van der Waals surface area (Å²) in [6.45, 7) is 0.455. The van der Waals surface area contributed by atoms with E-state index in [4.69, 9.17) is 4.52 Å². The lowest BCUT2D eigenvalue weighted by Crippen LogP contribution is -2.26. The molecular weight excluding hydrogens is 344 g/mol. The van der Waals surface area contributed by atoms with Gasteiger partial charge in [0.15, 0.2) is 11.5 Å². The fraction of sp³-hybridized carbons (Fsp3) is 0.526. The summed E-state index contributed by atoms with van der Waals surface area (Å²) < 4.78 is 7.38. The Morgan fingerprint density at radius 1 is 1.22 bits per heavy atom. The standard InChI is InChI=1S/C19H22N6O2/c26-18(20-8-7-16-23-19(27-24-16)12-5-6-12)13-9-15-17(21-10-13)25(11-22-15)14-3-1-2-4-14/h9-12,14H,1-8H2,(H,20,26). The first kappa shape index (κ1) is 16.4. The number of amides is 1. The average molecular weight is 366 g/mol. The number of fused-ring (bicyclic) bond motifs is 1. The number of hydrogen-bond donors (Lipinski definition) is 1. The molecule has 0 bridgehead atoms. The molecule has 3 heterocycles. The summed E-state index contributed by atoms with van der Waals surface area (Å²) >= 11 is 0. The predicted octanol–water partition coefficient (Wildman–Crippen LogP) is 2.78. The third kappa shape index (κ3) is 3.31. The highest BCUT2D eigenvalue weighted by molar-refractivity contribution is 5.96. The van der Waals surface area contributed by atoms with Crippen molar-refractivity contribution < 1.29 is 9.32 Å². The number of carbonyl (C=O) groups excluding carboxylic acids is 1. The first-order chi connectivity index (χ1) is 13.3. The number of imidazole rings is 1. The number of rotatable bonds is 6. The molecule has 1 N–H and O–H groups in total. The van der Waals surface area contributed by atoms with E-state index in [9.17, 15) is 4.79 Å². The molecule has 0 radical (unpaired) electrons. The van der Waals surface area contributed by atoms with Gasteiger partial charge in [-0.2, -0.15) is 4.98 Å². The number of hydrogen-bond acceptors (Lipinski definition) is 6. The van der Waals surface area contributed by atoms with E-state index in [1.165, 1.54) is 25.7 Å². The van der Waals surface area contributed by atoms with Crippen LogP contribution in [0.4, 0.5) is 0 Å². The molecule has 5 rings (SSSR count). The molecule has 0 atom stereocenters. The van der Waals surface area contributed by atoms with E-state index in [-0.39, 0.29) is 5.91 Å². The highest BCUT2D eigenvalue weighted by Crippen LogP contribution is 2.38. The smallest absolute Gasteiger partial charge is 0.252 e. The van der Waals surface area contributed by atoms with Crippen LogP contribution in [0, 0.1) is 0 Å². The molecule has 1 amide bonds. The van der Waals surface area contributed by atoms with Crippen molar-refractivity contribution in [3.8, 4) is 0 Å². The topological polar surface area (TPSA) is 98.7 Å². The van der Waals surface area contributed by atoms with Gasteiger partial charge in [0.2, 0.25) is 5.89 Å². The van der Waals surface area contributed by atoms with Gasteiger partial charge in [-0.05, 0) is 31.7 Å². The maximum Gasteiger partial charge on any atom is 0.252 e. The van der Waals surface area contributed by atoms with Gasteiger partial charge < -0.3 is 14.4 Å². The first-order valence-electron chi connectivity index (χ1n) is 9.71. The van der Waals surface area contributed by atoms with Crippen LogP contribution in [0.2, 0.25) is 0 Å². The Morgan fingerprint density at radius 2 is 2.07 bits per heavy atom. The Morgan fingerprint density at radius 3 is 2.89 bits per heavy atom. The van der Waals surface area contributed by atoms with Gasteiger partial charge in [-0.1, -0.05) is 18.0 Å². The summed E-state index contributed by atoms with van der Waals surface area (Å²) in [5.41, 5.74) is 2.14. The SMILES string of the molecule is O=C(NCCc1noc(C2CC2)n1)c1cnc2c(c1)ncn2C1CCCC1. The van der Waals surface area contributed by atoms with Crippen LogP contribution in [0.15, 0.2) is 23.1 Å². The lowest BCUT2D eigenvalue weighted by atomic mass is 10.2. The van der Waals surface area contributed by atoms with Crippen LogP contribution >= 0.6 is 0 Å². The lowest BCUT2D eigenvalue weighted by molar-refractivity contribution is 0.0953. The number of nitrogens with one attached hydrogen (secondary N) is 1. The van der Waals surface area contributed by atoms with Crippen LogP contribution in [0.25, 0.3) is 11.2 Å². The molecule has 140 valence electrons. The first-order valence-corrected chi connectivity index (χ1v) is 9.71. The zero-order valence-electron chi connectivity index (χ0n) is 15.1. The van der Waals surface area contributed by atoms with Gasteiger partial charge in [0.05, 0.1) is 11.9 Å². The summed E-state index contributed by atoms with van der Waals surface area (Å²) in [6, 6.07) is 2.29. The summed E-state index contributed by atoms with van der Waals surface area (Å²) in [5.74, 6) is 1.65. The quantitative estimate of drug-likeness (QED) is 0.720. The number of carbonyl (C=O) groups is 1. The van der Waals surface area contributed by atoms with E-state index < -0.39 is 0 Å². The van der Waals surface area contributed by atoms with Gasteiger partial charge >= 0.3 is 0 Å². The molecule has 3 aromatic heterocycles. The van der Waals surface area contributed by atoms with Crippen molar-refractivity contribution in [2.45, 2.75) is 56.9 Å². The van der Waals surface area contributed by atoms with Crippen molar-refractivity contribution in [3.05, 3.63) is 35.9 Å². The normalized spacial score (nSPS) is 17.6. The highest BCUT2D eigenvalue weighted by atomic mass is 16.5. The van der Waals surface area contributed by atoms with Crippen LogP contribution in [0.1, 0.15) is 72.6 Å². The summed E-state index contributed by atoms with van der Waals surface area (Å²) in [7, 11) is 0. The summed E-state index contributed by atoms with van der Waals surface area (Å²) in [4.78, 5) is 25.7. The Balaban J connectivity index is 1.22. The van der Waals surface area contributed by atoms with Crippen LogP contribution in [-0.4, -0.2) is 37.1 Å². The van der Waals surface area contributed by atoms with Crippen LogP contribution in [0.5, 0.6) is 0 Å². The van der Waals surface area contributed by atoms with E-state index >= 15 is 0 Å². The maximum atomic E-state index is 12.4. The van der Waals surface area contributed by atoms with Crippen molar-refractivity contribution in [3.63, 3.8) is 0 Å². The predicted molar refractivity (Wildman–Crippen MR) is 97.3 cm³/mol. The molecule has 0 spiro atoms. The van der Waals surface area contributed by atoms with E-state index in [1.54, 1.807) is 6.20 Å². The largest absolute Gasteiger partial charge is 0.352 e. The molecule has 0 unspecified atom stereocenters. The molecule has 0 aromatic carbocycles. The van der Waals surface area contributed by atoms with Gasteiger partial charge in [0, 0.05) is 31.1 Å². The molecule has 27 heavy (non-hydrogen) atoms. The van der Waals surface area contributed by atoms with Crippen molar-refractivity contribution in [2.75, 3.05) is 6.54 Å². The van der Waals surface area contributed by atoms with E-state index in [1.807, 2.05) is 12.4 Å². The molecule has 2 fully saturated rings. The second kappa shape index (κ2) is 6.75. The summed E-state index contributed by atoms with van der Waals surface area (Å²) in [5, 5.41) is 6.86. The molecular formula is C19H22N6O2. The number of nitrogens with zero attached hydrogens (tertiary/aromatic N) is 5. The van der Waals surface area contributed by atoms with Crippen molar-refractivity contribution in [1.29, 1.82) is 0 Å². The molecule has 8 heteroatoms. The monoisotopic (exact) mass is 366 g/mol. The second-order valence-corrected chi connectivity index (χ2v) is 7.49. The zero-order chi connectivity index (χ0) is 18.2. The van der Waals surface area contributed by atoms with Gasteiger partial charge in [-0.3, -0.25) is 4.79 Å². The Labute approximate surface area is 156 Å². The Bertz CT molecular complexity index is 968. The minimum Gasteiger partial charge on any atom is -0.352 e. The van der Waals surface area contributed by atoms with Crippen LogP contribution in [0.3, 0.4) is 0 Å². The molecule has 0 saturated heterocycles. The minimum absolute atomic E-state index is 0.161. The minimum atomic E-state index is -0.161. The Kier molecular flexibility index (Phi) is 4.10. The van der Waals surface area contributed by atoms with Crippen LogP contribution in [-0.2, 0) is 6.42 Å². The van der Waals surface area contributed by atoms with Crippen molar-refractivity contribution in [2.24, 2.45) is 0 Å². The van der Waals surface area contributed by atoms with Crippen LogP contribution < -0.4 is 5.32 Å². The van der Waals surface area contributed by atoms with Crippen molar-refractivity contribution >= 4 is 17.1 Å². The van der Waals surface area contributed by atoms with E-state index in [0.29, 0.717) is 36.3 Å². The molecule has 2 aliphatic carbocycles. The van der Waals surface area contributed by atoms with Gasteiger partial charge in [-0.15, -0.1) is 0 Å². The molecule has 8 nitrogen and oxygen atoms in total. The van der Waals surface area contributed by atoms with E-state index in [2.05, 4.69) is 30.0 Å². The molecule has 3 aromatic rings. The van der Waals surface area contributed by atoms with Gasteiger partial charge in [0.25, 0.3) is 5.91 Å². The molecule has 0 aliphatic heterocycles. The van der Waals surface area contributed by atoms with Gasteiger partial charge in [-0.25, -0.2) is 9.97 Å². The Hall–Kier alpha value is -2.77. The lowest BCUT2D eigenvalue weighted by Gasteiger charge is -2.11. The third-order valence-electron chi connectivity index (χ3n) is 5.44. The number of pyridine rings is 1. The fourth-order valence-electron chi connectivity index (χ4n) is 3.75. The molecule has 2 aliphatic rings. The van der Waals surface area contributed by atoms with E-state index in [0.717, 1.165) is 29.9 Å². The third-order valence-corrected chi connectivity index (χ3v) is 5.44. The highest BCUT2D eigenvalue weighted by Gasteiger charge is 2.29. The van der Waals surface area contributed by atoms with Gasteiger partial charge in [0.1, 0.15) is 5.52 Å². The van der Waals surface area contributed by atoms with Crippen molar-refractivity contribution in [1.82, 2.24) is 30.0 Å². The molecule has 2 saturated carbocycles. The maximum absolute atomic E-state index is 12.4. The average Bonchev–Trinajstić information content (AvgIpc) is 3.10. The zero-order valence-corrected chi connectivity index (χ0v) is 15.1. The second-order valence-electron chi connectivity index (χ2n) is 7.49. The number of aromatic nitrogens is 5. The fourth-order valence-corrected chi connectivity index (χ4v) is 3.75. The summed E-state index contributed by atoms with van der Waals surface area (Å²) in [6.07, 6.45) is 11.2.